The molecule has 2 rings (SSSR count). The molecule has 0 aromatic heterocycles. The van der Waals surface area contributed by atoms with Gasteiger partial charge in [0.1, 0.15) is 11.8 Å². The highest BCUT2D eigenvalue weighted by Gasteiger charge is 2.33. The van der Waals surface area contributed by atoms with E-state index in [4.69, 9.17) is 10.5 Å². The first-order valence-corrected chi connectivity index (χ1v) is 6.49. The van der Waals surface area contributed by atoms with Crippen molar-refractivity contribution in [3.63, 3.8) is 0 Å². The lowest BCUT2D eigenvalue weighted by molar-refractivity contribution is -0.147. The van der Waals surface area contributed by atoms with Gasteiger partial charge in [-0.05, 0) is 24.6 Å². The third kappa shape index (κ3) is 2.96. The van der Waals surface area contributed by atoms with E-state index in [-0.39, 0.29) is 24.3 Å². The number of rotatable bonds is 3. The minimum absolute atomic E-state index is 0.223. The number of benzene rings is 1. The molecule has 1 aromatic carbocycles. The molecular weight excluding hydrogens is 274 g/mol. The Labute approximate surface area is 122 Å². The van der Waals surface area contributed by atoms with Gasteiger partial charge in [-0.1, -0.05) is 0 Å². The minimum atomic E-state index is -0.717. The van der Waals surface area contributed by atoms with Gasteiger partial charge in [0, 0.05) is 19.2 Å². The fraction of sp³-hybridized carbons (Fsp3) is 0.357. The summed E-state index contributed by atoms with van der Waals surface area (Å²) in [6.45, 7) is 0. The zero-order chi connectivity index (χ0) is 15.6. The Morgan fingerprint density at radius 1 is 1.43 bits per heavy atom. The number of methoxy groups -OCH3 is 1. The van der Waals surface area contributed by atoms with Gasteiger partial charge in [-0.2, -0.15) is 0 Å². The molecule has 7 nitrogen and oxygen atoms in total. The zero-order valence-corrected chi connectivity index (χ0v) is 11.9. The van der Waals surface area contributed by atoms with Crippen LogP contribution in [0.2, 0.25) is 0 Å². The van der Waals surface area contributed by atoms with Crippen LogP contribution in [-0.2, 0) is 9.59 Å². The van der Waals surface area contributed by atoms with Crippen molar-refractivity contribution in [2.75, 3.05) is 19.9 Å². The van der Waals surface area contributed by atoms with E-state index >= 15 is 0 Å². The number of piperidine rings is 1. The molecule has 1 fully saturated rings. The Morgan fingerprint density at radius 3 is 2.81 bits per heavy atom. The van der Waals surface area contributed by atoms with Gasteiger partial charge in [0.2, 0.25) is 5.91 Å². The van der Waals surface area contributed by atoms with Gasteiger partial charge >= 0.3 is 0 Å². The Balaban J connectivity index is 2.15. The molecule has 1 atom stereocenters. The maximum Gasteiger partial charge on any atom is 0.254 e. The van der Waals surface area contributed by atoms with Gasteiger partial charge < -0.3 is 15.8 Å². The third-order valence-corrected chi connectivity index (χ3v) is 3.46. The van der Waals surface area contributed by atoms with Crippen molar-refractivity contribution < 1.29 is 19.1 Å². The van der Waals surface area contributed by atoms with Crippen LogP contribution in [0, 0.1) is 0 Å². The van der Waals surface area contributed by atoms with Crippen LogP contribution in [-0.4, -0.2) is 42.8 Å². The molecule has 1 aromatic rings. The summed E-state index contributed by atoms with van der Waals surface area (Å²) in [6, 6.07) is 3.99. The number of nitrogens with one attached hydrogen (secondary N) is 1. The van der Waals surface area contributed by atoms with Crippen LogP contribution in [0.1, 0.15) is 23.2 Å². The summed E-state index contributed by atoms with van der Waals surface area (Å²) in [4.78, 5) is 36.6. The molecule has 0 saturated carbocycles. The van der Waals surface area contributed by atoms with Crippen LogP contribution in [0.25, 0.3) is 0 Å². The number of nitrogens with zero attached hydrogens (tertiary/aromatic N) is 1. The first kappa shape index (κ1) is 14.8. The molecule has 3 N–H and O–H groups in total. The van der Waals surface area contributed by atoms with Gasteiger partial charge in [-0.25, -0.2) is 0 Å². The number of nitrogen functional groups attached to an aromatic ring is 1. The number of imide groups is 1. The van der Waals surface area contributed by atoms with Crippen LogP contribution in [0.15, 0.2) is 18.2 Å². The molecule has 3 amide bonds. The predicted octanol–water partition coefficient (Wildman–Crippen LogP) is 0.155. The standard InChI is InChI=1S/C14H17N3O4/c1-17-12(18)6-5-11(14(17)20)16-13(19)9-7-8(21-2)3-4-10(9)15/h3-4,7,11H,5-6,15H2,1-2H3,(H,16,19). The van der Waals surface area contributed by atoms with Crippen LogP contribution in [0.4, 0.5) is 5.69 Å². The normalized spacial score (nSPS) is 18.6. The summed E-state index contributed by atoms with van der Waals surface area (Å²) in [5.74, 6) is -0.628. The second-order valence-electron chi connectivity index (χ2n) is 4.81. The van der Waals surface area contributed by atoms with E-state index in [0.717, 1.165) is 4.90 Å². The van der Waals surface area contributed by atoms with E-state index in [2.05, 4.69) is 5.32 Å². The maximum absolute atomic E-state index is 12.2. The quantitative estimate of drug-likeness (QED) is 0.610. The van der Waals surface area contributed by atoms with Crippen molar-refractivity contribution in [3.05, 3.63) is 23.8 Å². The molecular formula is C14H17N3O4. The largest absolute Gasteiger partial charge is 0.497 e. The van der Waals surface area contributed by atoms with Gasteiger partial charge in [-0.3, -0.25) is 19.3 Å². The second kappa shape index (κ2) is 5.82. The van der Waals surface area contributed by atoms with E-state index in [1.807, 2.05) is 0 Å². The van der Waals surface area contributed by atoms with E-state index in [0.29, 0.717) is 11.4 Å². The lowest BCUT2D eigenvalue weighted by Gasteiger charge is -2.28. The summed E-state index contributed by atoms with van der Waals surface area (Å²) in [7, 11) is 2.89. The monoisotopic (exact) mass is 291 g/mol. The van der Waals surface area contributed by atoms with E-state index in [1.54, 1.807) is 12.1 Å². The summed E-state index contributed by atoms with van der Waals surface area (Å²) < 4.78 is 5.05. The fourth-order valence-electron chi connectivity index (χ4n) is 2.14. The first-order valence-electron chi connectivity index (χ1n) is 6.49. The minimum Gasteiger partial charge on any atom is -0.497 e. The zero-order valence-electron chi connectivity index (χ0n) is 11.9. The highest BCUT2D eigenvalue weighted by Crippen LogP contribution is 2.20. The van der Waals surface area contributed by atoms with Crippen LogP contribution < -0.4 is 15.8 Å². The Bertz CT molecular complexity index is 600. The average Bonchev–Trinajstić information content (AvgIpc) is 2.48. The number of carbonyl (C=O) groups excluding carboxylic acids is 3. The lowest BCUT2D eigenvalue weighted by atomic mass is 10.0. The summed E-state index contributed by atoms with van der Waals surface area (Å²) in [5.41, 5.74) is 6.30. The van der Waals surface area contributed by atoms with E-state index in [9.17, 15) is 14.4 Å². The molecule has 0 spiro atoms. The molecule has 0 aliphatic carbocycles. The number of likely N-dealkylation sites (tertiary alicyclic amines) is 1. The van der Waals surface area contributed by atoms with Gasteiger partial charge in [0.05, 0.1) is 12.7 Å². The van der Waals surface area contributed by atoms with Crippen molar-refractivity contribution in [1.29, 1.82) is 0 Å². The Kier molecular flexibility index (Phi) is 4.11. The Morgan fingerprint density at radius 2 is 2.14 bits per heavy atom. The van der Waals surface area contributed by atoms with Crippen LogP contribution in [0.3, 0.4) is 0 Å². The second-order valence-corrected chi connectivity index (χ2v) is 4.81. The number of anilines is 1. The maximum atomic E-state index is 12.2. The molecule has 21 heavy (non-hydrogen) atoms. The van der Waals surface area contributed by atoms with Crippen molar-refractivity contribution in [1.82, 2.24) is 10.2 Å². The number of carbonyl (C=O) groups is 3. The number of nitrogens with two attached hydrogens (primary N) is 1. The van der Waals surface area contributed by atoms with Crippen molar-refractivity contribution in [2.24, 2.45) is 0 Å². The molecule has 0 radical (unpaired) electrons. The van der Waals surface area contributed by atoms with Gasteiger partial charge in [0.15, 0.2) is 0 Å². The number of hydrogen-bond acceptors (Lipinski definition) is 5. The Hall–Kier alpha value is -2.57. The fourth-order valence-corrected chi connectivity index (χ4v) is 2.14. The summed E-state index contributed by atoms with van der Waals surface area (Å²) in [6.07, 6.45) is 0.512. The molecule has 1 heterocycles. The topological polar surface area (TPSA) is 102 Å². The van der Waals surface area contributed by atoms with Crippen LogP contribution in [0.5, 0.6) is 5.75 Å². The molecule has 7 heteroatoms. The lowest BCUT2D eigenvalue weighted by Crippen LogP contribution is -2.52. The first-order chi connectivity index (χ1) is 9.93. The highest BCUT2D eigenvalue weighted by atomic mass is 16.5. The summed E-state index contributed by atoms with van der Waals surface area (Å²) >= 11 is 0. The van der Waals surface area contributed by atoms with Crippen molar-refractivity contribution >= 4 is 23.4 Å². The number of ether oxygens (including phenoxy) is 1. The SMILES string of the molecule is COc1ccc(N)c(C(=O)NC2CCC(=O)N(C)C2=O)c1. The van der Waals surface area contributed by atoms with Crippen LogP contribution >= 0.6 is 0 Å². The van der Waals surface area contributed by atoms with Crippen molar-refractivity contribution in [3.8, 4) is 5.75 Å². The van der Waals surface area contributed by atoms with Gasteiger partial charge in [-0.15, -0.1) is 0 Å². The average molecular weight is 291 g/mol. The third-order valence-electron chi connectivity index (χ3n) is 3.46. The molecule has 1 unspecified atom stereocenters. The van der Waals surface area contributed by atoms with E-state index in [1.165, 1.54) is 20.2 Å². The molecule has 112 valence electrons. The predicted molar refractivity (Wildman–Crippen MR) is 75.7 cm³/mol. The van der Waals surface area contributed by atoms with Crippen molar-refractivity contribution in [2.45, 2.75) is 18.9 Å². The molecule has 0 bridgehead atoms. The number of hydrogen-bond donors (Lipinski definition) is 2. The summed E-state index contributed by atoms with van der Waals surface area (Å²) in [5, 5.41) is 2.61. The number of likely N-dealkylation sites (N-methyl/N-ethyl adjacent to an activating group) is 1. The molecule has 1 aliphatic heterocycles. The highest BCUT2D eigenvalue weighted by molar-refractivity contribution is 6.05. The smallest absolute Gasteiger partial charge is 0.254 e. The number of amides is 3. The molecule has 1 saturated heterocycles. The molecule has 1 aliphatic rings. The van der Waals surface area contributed by atoms with Gasteiger partial charge in [0.25, 0.3) is 11.8 Å². The van der Waals surface area contributed by atoms with E-state index < -0.39 is 17.9 Å².